The van der Waals surface area contributed by atoms with Crippen molar-refractivity contribution in [3.8, 4) is 0 Å². The lowest BCUT2D eigenvalue weighted by atomic mass is 9.85. The summed E-state index contributed by atoms with van der Waals surface area (Å²) in [5.74, 6) is 0.399. The average Bonchev–Trinajstić information content (AvgIpc) is 3.35. The Kier molecular flexibility index (Phi) is 7.38. The van der Waals surface area contributed by atoms with Gasteiger partial charge < -0.3 is 24.2 Å². The summed E-state index contributed by atoms with van der Waals surface area (Å²) in [7, 11) is 0. The van der Waals surface area contributed by atoms with Crippen LogP contribution in [0.4, 0.5) is 4.79 Å². The number of carbonyl (C=O) groups excluding carboxylic acids is 2. The van der Waals surface area contributed by atoms with Crippen LogP contribution >= 0.6 is 0 Å². The fraction of sp³-hybridized carbons (Fsp3) is 0.344. The SMILES string of the molecule is CCn1c(C(O)(c2ccccc2)c2ccccc2)nc2ccc(C(=O)N3CCN(C(=O)OC(C)(C)C)CC3)cc21. The first-order valence-electron chi connectivity index (χ1n) is 13.7. The second kappa shape index (κ2) is 10.8. The molecule has 0 aliphatic carbocycles. The van der Waals surface area contributed by atoms with Gasteiger partial charge in [0.15, 0.2) is 11.4 Å². The van der Waals surface area contributed by atoms with Crippen LogP contribution in [0.25, 0.3) is 11.0 Å². The Morgan fingerprint density at radius 3 is 1.93 bits per heavy atom. The largest absolute Gasteiger partial charge is 0.444 e. The molecule has 0 radical (unpaired) electrons. The van der Waals surface area contributed by atoms with E-state index in [-0.39, 0.29) is 12.0 Å². The number of hydrogen-bond donors (Lipinski definition) is 1. The first-order chi connectivity index (χ1) is 19.1. The van der Waals surface area contributed by atoms with Gasteiger partial charge in [-0.25, -0.2) is 9.78 Å². The molecule has 1 aliphatic rings. The molecule has 0 saturated carbocycles. The van der Waals surface area contributed by atoms with Gasteiger partial charge in [0.25, 0.3) is 5.91 Å². The molecule has 1 fully saturated rings. The number of hydrogen-bond acceptors (Lipinski definition) is 5. The molecule has 8 nitrogen and oxygen atoms in total. The number of aromatic nitrogens is 2. The minimum absolute atomic E-state index is 0.0995. The van der Waals surface area contributed by atoms with Crippen molar-refractivity contribution < 1.29 is 19.4 Å². The van der Waals surface area contributed by atoms with Crippen molar-refractivity contribution in [1.82, 2.24) is 19.4 Å². The molecule has 1 aromatic heterocycles. The van der Waals surface area contributed by atoms with Gasteiger partial charge in [-0.05, 0) is 57.0 Å². The monoisotopic (exact) mass is 540 g/mol. The summed E-state index contributed by atoms with van der Waals surface area (Å²) in [4.78, 5) is 34.3. The van der Waals surface area contributed by atoms with Gasteiger partial charge in [-0.1, -0.05) is 60.7 Å². The van der Waals surface area contributed by atoms with E-state index in [0.29, 0.717) is 60.8 Å². The Morgan fingerprint density at radius 2 is 1.40 bits per heavy atom. The smallest absolute Gasteiger partial charge is 0.410 e. The lowest BCUT2D eigenvalue weighted by Crippen LogP contribution is -2.51. The molecule has 1 saturated heterocycles. The molecule has 208 valence electrons. The maximum absolute atomic E-state index is 13.5. The third kappa shape index (κ3) is 5.19. The molecule has 4 aromatic rings. The fourth-order valence-corrected chi connectivity index (χ4v) is 5.24. The van der Waals surface area contributed by atoms with Gasteiger partial charge in [-0.2, -0.15) is 0 Å². The van der Waals surface area contributed by atoms with Crippen LogP contribution in [0.15, 0.2) is 78.9 Å². The van der Waals surface area contributed by atoms with Crippen LogP contribution < -0.4 is 0 Å². The number of nitrogens with zero attached hydrogens (tertiary/aromatic N) is 4. The predicted octanol–water partition coefficient (Wildman–Crippen LogP) is 5.03. The minimum atomic E-state index is -1.49. The molecule has 3 aromatic carbocycles. The Bertz CT molecular complexity index is 1460. The second-order valence-electron chi connectivity index (χ2n) is 11.1. The van der Waals surface area contributed by atoms with E-state index in [0.717, 1.165) is 5.52 Å². The van der Waals surface area contributed by atoms with E-state index in [1.807, 2.05) is 105 Å². The normalized spacial score (nSPS) is 14.4. The molecule has 0 spiro atoms. The summed E-state index contributed by atoms with van der Waals surface area (Å²) < 4.78 is 7.46. The summed E-state index contributed by atoms with van der Waals surface area (Å²) >= 11 is 0. The number of aliphatic hydroxyl groups is 1. The third-order valence-electron chi connectivity index (χ3n) is 7.24. The maximum Gasteiger partial charge on any atom is 0.410 e. The third-order valence-corrected chi connectivity index (χ3v) is 7.24. The molecule has 0 unspecified atom stereocenters. The van der Waals surface area contributed by atoms with Gasteiger partial charge in [0.05, 0.1) is 11.0 Å². The van der Waals surface area contributed by atoms with E-state index in [1.165, 1.54) is 0 Å². The Morgan fingerprint density at radius 1 is 0.850 bits per heavy atom. The van der Waals surface area contributed by atoms with Gasteiger partial charge >= 0.3 is 6.09 Å². The van der Waals surface area contributed by atoms with Crippen LogP contribution in [0.3, 0.4) is 0 Å². The molecule has 8 heteroatoms. The van der Waals surface area contributed by atoms with Crippen molar-refractivity contribution in [3.63, 3.8) is 0 Å². The number of piperazine rings is 1. The molecule has 0 atom stereocenters. The number of imidazole rings is 1. The maximum atomic E-state index is 13.5. The van der Waals surface area contributed by atoms with Gasteiger partial charge in [-0.3, -0.25) is 4.79 Å². The first-order valence-corrected chi connectivity index (χ1v) is 13.7. The van der Waals surface area contributed by atoms with Gasteiger partial charge in [0, 0.05) is 38.3 Å². The highest BCUT2D eigenvalue weighted by Crippen LogP contribution is 2.37. The fourth-order valence-electron chi connectivity index (χ4n) is 5.24. The standard InChI is InChI=1S/C32H36N4O4/c1-5-36-27-22-23(28(37)34-18-20-35(21-19-34)30(38)40-31(2,3)4)16-17-26(27)33-29(36)32(39,24-12-8-6-9-13-24)25-14-10-7-11-15-25/h6-17,22,39H,5,18-21H2,1-4H3. The quantitative estimate of drug-likeness (QED) is 0.384. The van der Waals surface area contributed by atoms with E-state index in [1.54, 1.807) is 15.9 Å². The topological polar surface area (TPSA) is 87.9 Å². The van der Waals surface area contributed by atoms with Gasteiger partial charge in [0.1, 0.15) is 5.60 Å². The number of fused-ring (bicyclic) bond motifs is 1. The zero-order valence-corrected chi connectivity index (χ0v) is 23.5. The van der Waals surface area contributed by atoms with Crippen molar-refractivity contribution in [2.24, 2.45) is 0 Å². The first kappa shape index (κ1) is 27.4. The summed E-state index contributed by atoms with van der Waals surface area (Å²) in [6.45, 7) is 9.77. The average molecular weight is 541 g/mol. The number of carbonyl (C=O) groups is 2. The van der Waals surface area contributed by atoms with Crippen LogP contribution in [-0.2, 0) is 16.9 Å². The van der Waals surface area contributed by atoms with Crippen LogP contribution in [-0.4, -0.2) is 68.2 Å². The number of amides is 2. The zero-order chi connectivity index (χ0) is 28.5. The minimum Gasteiger partial charge on any atom is -0.444 e. The lowest BCUT2D eigenvalue weighted by Gasteiger charge is -2.35. The second-order valence-corrected chi connectivity index (χ2v) is 11.1. The summed E-state index contributed by atoms with van der Waals surface area (Å²) in [5.41, 5.74) is 1.40. The van der Waals surface area contributed by atoms with E-state index in [9.17, 15) is 14.7 Å². The van der Waals surface area contributed by atoms with Crippen LogP contribution in [0, 0.1) is 0 Å². The molecule has 2 amide bonds. The van der Waals surface area contributed by atoms with Crippen LogP contribution in [0.1, 0.15) is 55.0 Å². The number of aryl methyl sites for hydroxylation is 1. The highest BCUT2D eigenvalue weighted by molar-refractivity contribution is 5.97. The summed E-state index contributed by atoms with van der Waals surface area (Å²) in [5, 5.41) is 12.4. The number of benzene rings is 3. The molecule has 1 N–H and O–H groups in total. The van der Waals surface area contributed by atoms with E-state index >= 15 is 0 Å². The molecule has 2 heterocycles. The highest BCUT2D eigenvalue weighted by Gasteiger charge is 2.39. The van der Waals surface area contributed by atoms with Crippen LogP contribution in [0.5, 0.6) is 0 Å². The molecular weight excluding hydrogens is 504 g/mol. The predicted molar refractivity (Wildman–Crippen MR) is 154 cm³/mol. The number of rotatable bonds is 5. The van der Waals surface area contributed by atoms with E-state index < -0.39 is 11.2 Å². The summed E-state index contributed by atoms with van der Waals surface area (Å²) in [6, 6.07) is 24.5. The molecule has 5 rings (SSSR count). The van der Waals surface area contributed by atoms with Crippen molar-refractivity contribution >= 4 is 23.0 Å². The molecule has 0 bridgehead atoms. The van der Waals surface area contributed by atoms with E-state index in [4.69, 9.17) is 9.72 Å². The van der Waals surface area contributed by atoms with Crippen molar-refractivity contribution in [3.05, 3.63) is 101 Å². The Labute approximate surface area is 234 Å². The summed E-state index contributed by atoms with van der Waals surface area (Å²) in [6.07, 6.45) is -0.357. The van der Waals surface area contributed by atoms with Crippen molar-refractivity contribution in [2.75, 3.05) is 26.2 Å². The lowest BCUT2D eigenvalue weighted by molar-refractivity contribution is 0.0141. The van der Waals surface area contributed by atoms with E-state index in [2.05, 4.69) is 0 Å². The Balaban J connectivity index is 1.46. The molecule has 1 aliphatic heterocycles. The highest BCUT2D eigenvalue weighted by atomic mass is 16.6. The van der Waals surface area contributed by atoms with Crippen LogP contribution in [0.2, 0.25) is 0 Å². The molecule has 40 heavy (non-hydrogen) atoms. The van der Waals surface area contributed by atoms with Crippen molar-refractivity contribution in [1.29, 1.82) is 0 Å². The molecular formula is C32H36N4O4. The Hall–Kier alpha value is -4.17. The zero-order valence-electron chi connectivity index (χ0n) is 23.5. The van der Waals surface area contributed by atoms with Gasteiger partial charge in [0.2, 0.25) is 0 Å². The number of ether oxygens (including phenoxy) is 1. The van der Waals surface area contributed by atoms with Crippen molar-refractivity contribution in [2.45, 2.75) is 45.4 Å². The van der Waals surface area contributed by atoms with Gasteiger partial charge in [-0.15, -0.1) is 0 Å².